The van der Waals surface area contributed by atoms with Gasteiger partial charge >= 0.3 is 18.1 Å². The van der Waals surface area contributed by atoms with Crippen molar-refractivity contribution in [3.05, 3.63) is 102 Å². The number of ether oxygens (including phenoxy) is 3. The number of carboxylic acids is 1. The summed E-state index contributed by atoms with van der Waals surface area (Å²) in [6.07, 6.45) is -0.225. The highest BCUT2D eigenvalue weighted by molar-refractivity contribution is 6.74. The Morgan fingerprint density at radius 3 is 1.74 bits per heavy atom. The van der Waals surface area contributed by atoms with Crippen LogP contribution in [0.15, 0.2) is 84.9 Å². The first-order chi connectivity index (χ1) is 32.2. The van der Waals surface area contributed by atoms with Gasteiger partial charge in [0.1, 0.15) is 23.4 Å². The first kappa shape index (κ1) is 57.9. The maximum absolute atomic E-state index is 14.7. The van der Waals surface area contributed by atoms with Crippen LogP contribution in [0.1, 0.15) is 92.3 Å². The number of primary amides is 1. The molecule has 0 bridgehead atoms. The van der Waals surface area contributed by atoms with Gasteiger partial charge < -0.3 is 50.3 Å². The molecule has 0 aliphatic carbocycles. The largest absolute Gasteiger partial charge is 0.493 e. The number of hydrogen-bond donors (Lipinski definition) is 5. The molecule has 3 aromatic rings. The van der Waals surface area contributed by atoms with Crippen molar-refractivity contribution in [2.45, 2.75) is 143 Å². The highest BCUT2D eigenvalue weighted by Crippen LogP contribution is 2.39. The van der Waals surface area contributed by atoms with Crippen LogP contribution in [0.5, 0.6) is 5.75 Å². The van der Waals surface area contributed by atoms with Crippen LogP contribution in [0.4, 0.5) is 9.59 Å². The normalized spacial score (nSPS) is 15.4. The Morgan fingerprint density at radius 2 is 1.28 bits per heavy atom. The Morgan fingerprint density at radius 1 is 0.739 bits per heavy atom. The molecule has 69 heavy (non-hydrogen) atoms. The maximum atomic E-state index is 14.7. The summed E-state index contributed by atoms with van der Waals surface area (Å²) < 4.78 is 23.7. The molecule has 1 saturated heterocycles. The highest BCUT2D eigenvalue weighted by atomic mass is 28.4. The van der Waals surface area contributed by atoms with E-state index in [0.29, 0.717) is 63.0 Å². The molecule has 3 aromatic carbocycles. The molecule has 4 rings (SSSR count). The molecule has 0 spiro atoms. The molecule has 0 aromatic heterocycles. The Balaban J connectivity index is 0.00000125. The fourth-order valence-electron chi connectivity index (χ4n) is 7.19. The van der Waals surface area contributed by atoms with Crippen molar-refractivity contribution >= 4 is 38.2 Å². The summed E-state index contributed by atoms with van der Waals surface area (Å²) in [6.45, 7) is 26.9. The van der Waals surface area contributed by atoms with Crippen LogP contribution in [0.2, 0.25) is 18.1 Å². The van der Waals surface area contributed by atoms with Gasteiger partial charge in [-0.1, -0.05) is 121 Å². The molecule has 15 nitrogen and oxygen atoms in total. The second-order valence-electron chi connectivity index (χ2n) is 21.1. The molecule has 6 N–H and O–H groups in total. The minimum atomic E-state index is -2.53. The zero-order valence-corrected chi connectivity index (χ0v) is 44.1. The zero-order valence-electron chi connectivity index (χ0n) is 43.1. The zero-order chi connectivity index (χ0) is 51.5. The number of hydrogen-bond acceptors (Lipinski definition) is 9. The minimum Gasteiger partial charge on any atom is -0.493 e. The first-order valence-corrected chi connectivity index (χ1v) is 27.1. The summed E-state index contributed by atoms with van der Waals surface area (Å²) >= 11 is 0. The monoisotopic (exact) mass is 976 g/mol. The van der Waals surface area contributed by atoms with E-state index in [1.165, 1.54) is 0 Å². The molecule has 382 valence electrons. The van der Waals surface area contributed by atoms with Gasteiger partial charge in [0.2, 0.25) is 11.8 Å². The summed E-state index contributed by atoms with van der Waals surface area (Å²) in [5.74, 6) is -2.21. The topological polar surface area (TPSA) is 208 Å². The molecule has 5 amide bonds. The van der Waals surface area contributed by atoms with Crippen molar-refractivity contribution < 1.29 is 47.7 Å². The second kappa shape index (κ2) is 27.1. The number of nitrogens with zero attached hydrogens (tertiary/aromatic N) is 1. The number of urea groups is 1. The molecule has 0 radical (unpaired) electrons. The summed E-state index contributed by atoms with van der Waals surface area (Å²) in [7, 11) is -2.53. The Bertz CT molecular complexity index is 2050. The molecule has 1 fully saturated rings. The van der Waals surface area contributed by atoms with E-state index in [0.717, 1.165) is 11.1 Å². The lowest BCUT2D eigenvalue weighted by molar-refractivity contribution is -0.142. The SMILES string of the molecule is CC(C)COc1ccc(C[C@H](NC(=O)C(NC(=O)C(Cc2ccccc2)CC(O[Si](C)(C)C(C)(C)C)C(Cc2ccccc2)NC(=O)OC(C)(C)C)C(C)C)C(=O)O)cc1.NC(=O)N1CCOCC1. The van der Waals surface area contributed by atoms with Crippen molar-refractivity contribution in [3.63, 3.8) is 0 Å². The average molecular weight is 976 g/mol. The van der Waals surface area contributed by atoms with Crippen molar-refractivity contribution in [2.75, 3.05) is 32.9 Å². The molecule has 0 saturated carbocycles. The van der Waals surface area contributed by atoms with Gasteiger partial charge in [-0.25, -0.2) is 14.4 Å². The van der Waals surface area contributed by atoms with E-state index in [1.807, 2.05) is 95.3 Å². The Kier molecular flexibility index (Phi) is 22.7. The average Bonchev–Trinajstić information content (AvgIpc) is 3.26. The van der Waals surface area contributed by atoms with Crippen molar-refractivity contribution in [3.8, 4) is 5.75 Å². The number of carbonyl (C=O) groups is 5. The van der Waals surface area contributed by atoms with E-state index < -0.39 is 62.0 Å². The molecular weight excluding hydrogens is 895 g/mol. The summed E-state index contributed by atoms with van der Waals surface area (Å²) in [6, 6.07) is 23.4. The lowest BCUT2D eigenvalue weighted by Crippen LogP contribution is -2.56. The van der Waals surface area contributed by atoms with Crippen molar-refractivity contribution in [1.29, 1.82) is 0 Å². The van der Waals surface area contributed by atoms with Gasteiger partial charge in [-0.2, -0.15) is 0 Å². The van der Waals surface area contributed by atoms with Crippen LogP contribution in [0, 0.1) is 17.8 Å². The molecule has 5 atom stereocenters. The highest BCUT2D eigenvalue weighted by Gasteiger charge is 2.43. The van der Waals surface area contributed by atoms with E-state index in [4.69, 9.17) is 24.4 Å². The van der Waals surface area contributed by atoms with Crippen LogP contribution in [0.25, 0.3) is 0 Å². The van der Waals surface area contributed by atoms with Crippen molar-refractivity contribution in [1.82, 2.24) is 20.9 Å². The quantitative estimate of drug-likeness (QED) is 0.0648. The fourth-order valence-corrected chi connectivity index (χ4v) is 8.56. The molecule has 1 heterocycles. The number of morpholine rings is 1. The molecule has 1 aliphatic heterocycles. The van der Waals surface area contributed by atoms with Gasteiger partial charge in [0.15, 0.2) is 8.32 Å². The first-order valence-electron chi connectivity index (χ1n) is 24.2. The number of benzene rings is 3. The summed E-state index contributed by atoms with van der Waals surface area (Å²) in [4.78, 5) is 66.7. The van der Waals surface area contributed by atoms with E-state index >= 15 is 0 Å². The fraction of sp³-hybridized carbons (Fsp3) is 0.566. The number of amides is 5. The molecule has 1 aliphatic rings. The molecule has 16 heteroatoms. The third-order valence-corrected chi connectivity index (χ3v) is 16.5. The predicted molar refractivity (Wildman–Crippen MR) is 272 cm³/mol. The standard InChI is InChI=1S/C48H71N3O8Si.C5H10N2O2/c1-32(2)31-57-38-25-23-36(24-26-38)29-40(45(54)55)49-44(53)42(33(3)4)51-43(52)37(27-34-19-15-13-16-20-34)30-41(59-60(11,12)48(8,9)10)39(28-35-21-17-14-18-22-35)50-46(56)58-47(5,6)7;6-5(8)7-1-3-9-4-2-7/h13-26,32-33,37,39-42H,27-31H2,1-12H3,(H,49,53)(H,50,56)(H,51,52)(H,54,55);1-4H2,(H2,6,8)/t37?,39?,40-,41?,42?;/m0./s1. The van der Waals surface area contributed by atoms with Crippen LogP contribution in [-0.4, -0.2) is 111 Å². The maximum Gasteiger partial charge on any atom is 0.407 e. The third-order valence-electron chi connectivity index (χ3n) is 12.0. The summed E-state index contributed by atoms with van der Waals surface area (Å²) in [5.41, 5.74) is 6.86. The predicted octanol–water partition coefficient (Wildman–Crippen LogP) is 8.15. The van der Waals surface area contributed by atoms with E-state index in [9.17, 15) is 29.1 Å². The van der Waals surface area contributed by atoms with Crippen LogP contribution in [-0.2, 0) is 47.5 Å². The van der Waals surface area contributed by atoms with Gasteiger partial charge in [0.05, 0.1) is 32.0 Å². The summed E-state index contributed by atoms with van der Waals surface area (Å²) in [5, 5.41) is 18.8. The van der Waals surface area contributed by atoms with E-state index in [1.54, 1.807) is 29.2 Å². The molecular formula is C53H81N5O10Si. The number of carboxylic acid groups (broad SMARTS) is 1. The number of nitrogens with two attached hydrogens (primary N) is 1. The number of aliphatic carboxylic acids is 1. The van der Waals surface area contributed by atoms with Gasteiger partial charge in [0.25, 0.3) is 0 Å². The van der Waals surface area contributed by atoms with Crippen LogP contribution >= 0.6 is 0 Å². The van der Waals surface area contributed by atoms with Crippen LogP contribution < -0.4 is 26.4 Å². The van der Waals surface area contributed by atoms with Crippen LogP contribution in [0.3, 0.4) is 0 Å². The lowest BCUT2D eigenvalue weighted by atomic mass is 9.88. The number of alkyl carbamates (subject to hydrolysis) is 1. The number of nitrogens with one attached hydrogen (secondary N) is 3. The Labute approximate surface area is 412 Å². The molecule has 4 unspecified atom stereocenters. The van der Waals surface area contributed by atoms with Gasteiger partial charge in [-0.3, -0.25) is 9.59 Å². The number of carbonyl (C=O) groups excluding carboxylic acids is 4. The second-order valence-corrected chi connectivity index (χ2v) is 25.9. The smallest absolute Gasteiger partial charge is 0.407 e. The third kappa shape index (κ3) is 21.0. The van der Waals surface area contributed by atoms with Gasteiger partial charge in [-0.05, 0) is 98.8 Å². The van der Waals surface area contributed by atoms with Gasteiger partial charge in [0, 0.05) is 25.4 Å². The minimum absolute atomic E-state index is 0.0425. The van der Waals surface area contributed by atoms with E-state index in [2.05, 4.69) is 63.7 Å². The van der Waals surface area contributed by atoms with Gasteiger partial charge in [-0.15, -0.1) is 0 Å². The lowest BCUT2D eigenvalue weighted by Gasteiger charge is -2.42. The van der Waals surface area contributed by atoms with E-state index in [-0.39, 0.29) is 35.7 Å². The Hall–Kier alpha value is -5.45. The van der Waals surface area contributed by atoms with Crippen molar-refractivity contribution in [2.24, 2.45) is 23.5 Å². The number of rotatable bonds is 21.